The van der Waals surface area contributed by atoms with Crippen LogP contribution in [0.15, 0.2) is 60.9 Å². The van der Waals surface area contributed by atoms with Crippen LogP contribution in [0.25, 0.3) is 0 Å². The highest BCUT2D eigenvalue weighted by molar-refractivity contribution is 5.59. The first-order valence-corrected chi connectivity index (χ1v) is 7.41. The molecule has 1 aromatic heterocycles. The van der Waals surface area contributed by atoms with Gasteiger partial charge in [-0.15, -0.1) is 0 Å². The summed E-state index contributed by atoms with van der Waals surface area (Å²) in [6.07, 6.45) is 1.40. The fourth-order valence-electron chi connectivity index (χ4n) is 2.29. The Hall–Kier alpha value is -3.02. The van der Waals surface area contributed by atoms with E-state index < -0.39 is 11.6 Å². The largest absolute Gasteiger partial charge is 0.355 e. The van der Waals surface area contributed by atoms with Crippen molar-refractivity contribution in [2.24, 2.45) is 0 Å². The van der Waals surface area contributed by atoms with Crippen molar-refractivity contribution in [2.45, 2.75) is 6.54 Å². The van der Waals surface area contributed by atoms with E-state index in [1.807, 2.05) is 42.3 Å². The van der Waals surface area contributed by atoms with Gasteiger partial charge in [-0.05, 0) is 17.7 Å². The molecule has 0 radical (unpaired) electrons. The van der Waals surface area contributed by atoms with Crippen molar-refractivity contribution < 1.29 is 8.78 Å². The molecule has 0 unspecified atom stereocenters. The van der Waals surface area contributed by atoms with Crippen LogP contribution in [0.5, 0.6) is 0 Å². The van der Waals surface area contributed by atoms with E-state index in [0.29, 0.717) is 18.2 Å². The first kappa shape index (κ1) is 15.9. The molecule has 0 bridgehead atoms. The molecule has 4 nitrogen and oxygen atoms in total. The van der Waals surface area contributed by atoms with Crippen LogP contribution in [0.4, 0.5) is 26.1 Å². The molecule has 0 aliphatic rings. The number of nitrogens with zero attached hydrogens (tertiary/aromatic N) is 3. The number of hydrogen-bond donors (Lipinski definition) is 1. The van der Waals surface area contributed by atoms with Gasteiger partial charge in [0.05, 0.1) is 5.69 Å². The molecule has 0 aliphatic heterocycles. The van der Waals surface area contributed by atoms with E-state index in [1.165, 1.54) is 18.5 Å². The summed E-state index contributed by atoms with van der Waals surface area (Å²) in [5.41, 5.74) is 1.31. The predicted octanol–water partition coefficient (Wildman–Crippen LogP) is 4.13. The smallest absolute Gasteiger partial charge is 0.149 e. The van der Waals surface area contributed by atoms with Crippen molar-refractivity contribution in [2.75, 3.05) is 17.3 Å². The first-order valence-electron chi connectivity index (χ1n) is 7.41. The van der Waals surface area contributed by atoms with E-state index >= 15 is 0 Å². The maximum Gasteiger partial charge on any atom is 0.149 e. The van der Waals surface area contributed by atoms with E-state index in [2.05, 4.69) is 15.3 Å². The lowest BCUT2D eigenvalue weighted by molar-refractivity contribution is 0.586. The van der Waals surface area contributed by atoms with Crippen LogP contribution in [0.3, 0.4) is 0 Å². The minimum atomic E-state index is -0.673. The van der Waals surface area contributed by atoms with Crippen LogP contribution >= 0.6 is 0 Å². The molecule has 0 spiro atoms. The summed E-state index contributed by atoms with van der Waals surface area (Å²) in [4.78, 5) is 10.3. The van der Waals surface area contributed by atoms with Gasteiger partial charge < -0.3 is 10.2 Å². The van der Waals surface area contributed by atoms with Crippen LogP contribution in [0.2, 0.25) is 0 Å². The Morgan fingerprint density at radius 2 is 1.79 bits per heavy atom. The molecular formula is C18H16F2N4. The topological polar surface area (TPSA) is 41.0 Å². The van der Waals surface area contributed by atoms with Gasteiger partial charge in [-0.1, -0.05) is 30.3 Å². The Morgan fingerprint density at radius 3 is 2.54 bits per heavy atom. The second-order valence-electron chi connectivity index (χ2n) is 5.35. The van der Waals surface area contributed by atoms with Gasteiger partial charge in [0, 0.05) is 25.7 Å². The normalized spacial score (nSPS) is 10.5. The van der Waals surface area contributed by atoms with Crippen molar-refractivity contribution in [3.05, 3.63) is 78.1 Å². The van der Waals surface area contributed by atoms with Gasteiger partial charge in [-0.3, -0.25) is 0 Å². The average Bonchev–Trinajstić information content (AvgIpc) is 2.59. The summed E-state index contributed by atoms with van der Waals surface area (Å²) in [6.45, 7) is 0.683. The molecule has 0 atom stereocenters. The molecule has 3 rings (SSSR count). The third-order valence-electron chi connectivity index (χ3n) is 3.50. The zero-order valence-electron chi connectivity index (χ0n) is 13.1. The van der Waals surface area contributed by atoms with Gasteiger partial charge in [0.1, 0.15) is 29.6 Å². The van der Waals surface area contributed by atoms with Gasteiger partial charge in [-0.2, -0.15) is 0 Å². The number of benzene rings is 2. The van der Waals surface area contributed by atoms with E-state index in [-0.39, 0.29) is 5.69 Å². The fraction of sp³-hybridized carbons (Fsp3) is 0.111. The third kappa shape index (κ3) is 3.84. The molecule has 1 heterocycles. The SMILES string of the molecule is CN(Cc1ccccc1)c1cc(Nc2ccc(F)cc2F)ncn1. The minimum Gasteiger partial charge on any atom is -0.355 e. The molecule has 0 saturated carbocycles. The molecule has 122 valence electrons. The van der Waals surface area contributed by atoms with E-state index in [0.717, 1.165) is 11.6 Å². The first-order chi connectivity index (χ1) is 11.6. The number of anilines is 3. The summed E-state index contributed by atoms with van der Waals surface area (Å²) >= 11 is 0. The van der Waals surface area contributed by atoms with Crippen molar-refractivity contribution in [3.8, 4) is 0 Å². The van der Waals surface area contributed by atoms with Gasteiger partial charge >= 0.3 is 0 Å². The number of hydrogen-bond acceptors (Lipinski definition) is 4. The predicted molar refractivity (Wildman–Crippen MR) is 90.2 cm³/mol. The molecule has 0 fully saturated rings. The summed E-state index contributed by atoms with van der Waals surface area (Å²) in [5.74, 6) is -0.166. The Balaban J connectivity index is 1.76. The molecule has 24 heavy (non-hydrogen) atoms. The maximum absolute atomic E-state index is 13.7. The van der Waals surface area contributed by atoms with Gasteiger partial charge in [0.25, 0.3) is 0 Å². The van der Waals surface area contributed by atoms with E-state index in [4.69, 9.17) is 0 Å². The standard InChI is InChI=1S/C18H16F2N4/c1-24(11-13-5-3-2-4-6-13)18-10-17(21-12-22-18)23-16-8-7-14(19)9-15(16)20/h2-10,12H,11H2,1H3,(H,21,22,23). The van der Waals surface area contributed by atoms with Gasteiger partial charge in [-0.25, -0.2) is 18.7 Å². The number of aromatic nitrogens is 2. The van der Waals surface area contributed by atoms with Crippen molar-refractivity contribution in [1.82, 2.24) is 9.97 Å². The summed E-state index contributed by atoms with van der Waals surface area (Å²) in [5, 5.41) is 2.84. The Kier molecular flexibility index (Phi) is 4.65. The molecule has 0 amide bonds. The lowest BCUT2D eigenvalue weighted by atomic mass is 10.2. The number of nitrogens with one attached hydrogen (secondary N) is 1. The van der Waals surface area contributed by atoms with E-state index in [9.17, 15) is 8.78 Å². The second kappa shape index (κ2) is 7.04. The second-order valence-corrected chi connectivity index (χ2v) is 5.35. The maximum atomic E-state index is 13.7. The highest BCUT2D eigenvalue weighted by atomic mass is 19.1. The molecule has 0 aliphatic carbocycles. The van der Waals surface area contributed by atoms with Crippen LogP contribution in [0, 0.1) is 11.6 Å². The molecular weight excluding hydrogens is 310 g/mol. The number of rotatable bonds is 5. The van der Waals surface area contributed by atoms with Gasteiger partial charge in [0.15, 0.2) is 0 Å². The molecule has 6 heteroatoms. The lowest BCUT2D eigenvalue weighted by Gasteiger charge is -2.18. The number of halogens is 2. The molecule has 0 saturated heterocycles. The van der Waals surface area contributed by atoms with Crippen molar-refractivity contribution >= 4 is 17.3 Å². The van der Waals surface area contributed by atoms with Crippen LogP contribution in [-0.2, 0) is 6.54 Å². The van der Waals surface area contributed by atoms with Crippen molar-refractivity contribution in [1.29, 1.82) is 0 Å². The minimum absolute atomic E-state index is 0.159. The zero-order chi connectivity index (χ0) is 16.9. The highest BCUT2D eigenvalue weighted by Crippen LogP contribution is 2.21. The summed E-state index contributed by atoms with van der Waals surface area (Å²) in [7, 11) is 1.91. The third-order valence-corrected chi connectivity index (χ3v) is 3.50. The molecule has 3 aromatic rings. The summed E-state index contributed by atoms with van der Waals surface area (Å²) in [6, 6.07) is 15.1. The Bertz CT molecular complexity index is 824. The highest BCUT2D eigenvalue weighted by Gasteiger charge is 2.08. The van der Waals surface area contributed by atoms with Crippen LogP contribution in [0.1, 0.15) is 5.56 Å². The van der Waals surface area contributed by atoms with Crippen molar-refractivity contribution in [3.63, 3.8) is 0 Å². The fourth-order valence-corrected chi connectivity index (χ4v) is 2.29. The lowest BCUT2D eigenvalue weighted by Crippen LogP contribution is -2.18. The Labute approximate surface area is 138 Å². The van der Waals surface area contributed by atoms with Crippen LogP contribution < -0.4 is 10.2 Å². The molecule has 1 N–H and O–H groups in total. The monoisotopic (exact) mass is 326 g/mol. The quantitative estimate of drug-likeness (QED) is 0.765. The molecule has 2 aromatic carbocycles. The summed E-state index contributed by atoms with van der Waals surface area (Å²) < 4.78 is 26.7. The van der Waals surface area contributed by atoms with Gasteiger partial charge in [0.2, 0.25) is 0 Å². The van der Waals surface area contributed by atoms with E-state index in [1.54, 1.807) is 6.07 Å². The average molecular weight is 326 g/mol. The Morgan fingerprint density at radius 1 is 1.00 bits per heavy atom. The van der Waals surface area contributed by atoms with Crippen LogP contribution in [-0.4, -0.2) is 17.0 Å². The zero-order valence-corrected chi connectivity index (χ0v) is 13.1.